The van der Waals surface area contributed by atoms with E-state index in [9.17, 15) is 0 Å². The Labute approximate surface area is 76.3 Å². The van der Waals surface area contributed by atoms with Crippen LogP contribution in [0.2, 0.25) is 0 Å². The fourth-order valence-electron chi connectivity index (χ4n) is 0.939. The molecule has 0 N–H and O–H groups in total. The molecule has 0 aliphatic heterocycles. The second-order valence-electron chi connectivity index (χ2n) is 3.15. The van der Waals surface area contributed by atoms with Gasteiger partial charge in [0.15, 0.2) is 0 Å². The zero-order chi connectivity index (χ0) is 9.23. The van der Waals surface area contributed by atoms with Gasteiger partial charge in [0, 0.05) is 20.3 Å². The van der Waals surface area contributed by atoms with Crippen LogP contribution in [0, 0.1) is 0 Å². The molecule has 12 heavy (non-hydrogen) atoms. The van der Waals surface area contributed by atoms with Gasteiger partial charge in [-0.2, -0.15) is 0 Å². The van der Waals surface area contributed by atoms with Crippen LogP contribution in [0.4, 0.5) is 0 Å². The molecule has 0 aliphatic carbocycles. The van der Waals surface area contributed by atoms with Crippen molar-refractivity contribution in [3.63, 3.8) is 0 Å². The molecule has 0 aliphatic rings. The summed E-state index contributed by atoms with van der Waals surface area (Å²) < 4.78 is 10.5. The molecule has 0 rings (SSSR count). The van der Waals surface area contributed by atoms with Gasteiger partial charge in [0.25, 0.3) is 0 Å². The fourth-order valence-corrected chi connectivity index (χ4v) is 0.939. The molecular formula is C10H22O2. The summed E-state index contributed by atoms with van der Waals surface area (Å²) in [5.41, 5.74) is 0. The van der Waals surface area contributed by atoms with Crippen LogP contribution in [0.25, 0.3) is 0 Å². The molecule has 0 saturated carbocycles. The van der Waals surface area contributed by atoms with Gasteiger partial charge in [0.05, 0.1) is 6.10 Å². The average molecular weight is 174 g/mol. The van der Waals surface area contributed by atoms with Crippen LogP contribution in [0.3, 0.4) is 0 Å². The summed E-state index contributed by atoms with van der Waals surface area (Å²) in [6, 6.07) is 0. The average Bonchev–Trinajstić information content (AvgIpc) is 2.10. The molecule has 0 spiro atoms. The van der Waals surface area contributed by atoms with Gasteiger partial charge in [-0.1, -0.05) is 13.3 Å². The third-order valence-corrected chi connectivity index (χ3v) is 1.94. The maximum Gasteiger partial charge on any atom is 0.0544 e. The summed E-state index contributed by atoms with van der Waals surface area (Å²) in [4.78, 5) is 0. The first-order valence-corrected chi connectivity index (χ1v) is 4.91. The second-order valence-corrected chi connectivity index (χ2v) is 3.15. The third kappa shape index (κ3) is 8.02. The summed E-state index contributed by atoms with van der Waals surface area (Å²) in [7, 11) is 1.75. The molecule has 2 nitrogen and oxygen atoms in total. The second kappa shape index (κ2) is 9.01. The lowest BCUT2D eigenvalue weighted by atomic mass is 10.2. The van der Waals surface area contributed by atoms with Gasteiger partial charge in [-0.3, -0.25) is 0 Å². The molecule has 0 radical (unpaired) electrons. The Bertz CT molecular complexity index is 83.9. The number of rotatable bonds is 8. The minimum atomic E-state index is 0.375. The predicted molar refractivity (Wildman–Crippen MR) is 51.4 cm³/mol. The van der Waals surface area contributed by atoms with Crippen molar-refractivity contribution < 1.29 is 9.47 Å². The number of hydrogen-bond acceptors (Lipinski definition) is 2. The van der Waals surface area contributed by atoms with E-state index in [1.165, 1.54) is 12.8 Å². The van der Waals surface area contributed by atoms with E-state index < -0.39 is 0 Å². The van der Waals surface area contributed by atoms with Crippen molar-refractivity contribution in [2.75, 3.05) is 20.3 Å². The van der Waals surface area contributed by atoms with Crippen molar-refractivity contribution in [2.45, 2.75) is 45.6 Å². The Hall–Kier alpha value is -0.0800. The molecular weight excluding hydrogens is 152 g/mol. The van der Waals surface area contributed by atoms with Gasteiger partial charge < -0.3 is 9.47 Å². The maximum absolute atomic E-state index is 5.41. The van der Waals surface area contributed by atoms with Gasteiger partial charge in [-0.25, -0.2) is 0 Å². The SMILES string of the molecule is CCCCOCCCC(C)OC. The zero-order valence-electron chi connectivity index (χ0n) is 8.64. The third-order valence-electron chi connectivity index (χ3n) is 1.94. The highest BCUT2D eigenvalue weighted by Crippen LogP contribution is 2.00. The quantitative estimate of drug-likeness (QED) is 0.527. The van der Waals surface area contributed by atoms with Crippen molar-refractivity contribution in [3.05, 3.63) is 0 Å². The Balaban J connectivity index is 2.90. The lowest BCUT2D eigenvalue weighted by molar-refractivity contribution is 0.0844. The van der Waals surface area contributed by atoms with Crippen molar-refractivity contribution in [1.82, 2.24) is 0 Å². The molecule has 0 heterocycles. The molecule has 0 amide bonds. The number of unbranched alkanes of at least 4 members (excludes halogenated alkanes) is 1. The van der Waals surface area contributed by atoms with Crippen LogP contribution in [-0.2, 0) is 9.47 Å². The standard InChI is InChI=1S/C10H22O2/c1-4-5-8-12-9-6-7-10(2)11-3/h10H,4-9H2,1-3H3. The van der Waals surface area contributed by atoms with E-state index in [1.54, 1.807) is 7.11 Å². The minimum Gasteiger partial charge on any atom is -0.382 e. The van der Waals surface area contributed by atoms with E-state index in [0.29, 0.717) is 6.10 Å². The van der Waals surface area contributed by atoms with Gasteiger partial charge in [-0.05, 0) is 26.2 Å². The highest BCUT2D eigenvalue weighted by Gasteiger charge is 1.97. The molecule has 0 saturated heterocycles. The first kappa shape index (κ1) is 11.9. The molecule has 74 valence electrons. The van der Waals surface area contributed by atoms with Crippen LogP contribution in [-0.4, -0.2) is 26.4 Å². The predicted octanol–water partition coefficient (Wildman–Crippen LogP) is 2.62. The normalized spacial score (nSPS) is 13.2. The van der Waals surface area contributed by atoms with Crippen molar-refractivity contribution in [1.29, 1.82) is 0 Å². The summed E-state index contributed by atoms with van der Waals surface area (Å²) in [6.07, 6.45) is 4.98. The minimum absolute atomic E-state index is 0.375. The number of ether oxygens (including phenoxy) is 2. The van der Waals surface area contributed by atoms with Crippen molar-refractivity contribution >= 4 is 0 Å². The van der Waals surface area contributed by atoms with E-state index in [0.717, 1.165) is 26.1 Å². The summed E-state index contributed by atoms with van der Waals surface area (Å²) in [5, 5.41) is 0. The number of hydrogen-bond donors (Lipinski definition) is 0. The molecule has 1 atom stereocenters. The fraction of sp³-hybridized carbons (Fsp3) is 1.00. The Morgan fingerprint density at radius 3 is 2.42 bits per heavy atom. The van der Waals surface area contributed by atoms with Gasteiger partial charge >= 0.3 is 0 Å². The van der Waals surface area contributed by atoms with Gasteiger partial charge in [-0.15, -0.1) is 0 Å². The monoisotopic (exact) mass is 174 g/mol. The van der Waals surface area contributed by atoms with E-state index >= 15 is 0 Å². The van der Waals surface area contributed by atoms with Crippen LogP contribution in [0.5, 0.6) is 0 Å². The first-order chi connectivity index (χ1) is 5.81. The zero-order valence-corrected chi connectivity index (χ0v) is 8.64. The lowest BCUT2D eigenvalue weighted by Crippen LogP contribution is -2.06. The Kier molecular flexibility index (Phi) is 8.95. The molecule has 2 heteroatoms. The highest BCUT2D eigenvalue weighted by molar-refractivity contribution is 4.48. The van der Waals surface area contributed by atoms with Gasteiger partial charge in [0.1, 0.15) is 0 Å². The smallest absolute Gasteiger partial charge is 0.0544 e. The van der Waals surface area contributed by atoms with Crippen molar-refractivity contribution in [3.8, 4) is 0 Å². The summed E-state index contributed by atoms with van der Waals surface area (Å²) in [5.74, 6) is 0. The molecule has 0 fully saturated rings. The van der Waals surface area contributed by atoms with E-state index in [1.807, 2.05) is 0 Å². The van der Waals surface area contributed by atoms with Gasteiger partial charge in [0.2, 0.25) is 0 Å². The molecule has 0 aromatic carbocycles. The topological polar surface area (TPSA) is 18.5 Å². The molecule has 1 unspecified atom stereocenters. The Morgan fingerprint density at radius 2 is 1.83 bits per heavy atom. The number of methoxy groups -OCH3 is 1. The van der Waals surface area contributed by atoms with Crippen LogP contribution in [0.1, 0.15) is 39.5 Å². The van der Waals surface area contributed by atoms with Crippen LogP contribution < -0.4 is 0 Å². The molecule has 0 bridgehead atoms. The lowest BCUT2D eigenvalue weighted by Gasteiger charge is -2.08. The molecule has 0 aromatic rings. The molecule has 0 aromatic heterocycles. The highest BCUT2D eigenvalue weighted by atomic mass is 16.5. The maximum atomic E-state index is 5.41. The summed E-state index contributed by atoms with van der Waals surface area (Å²) >= 11 is 0. The summed E-state index contributed by atoms with van der Waals surface area (Å²) in [6.45, 7) is 6.06. The van der Waals surface area contributed by atoms with E-state index in [2.05, 4.69) is 13.8 Å². The van der Waals surface area contributed by atoms with E-state index in [4.69, 9.17) is 9.47 Å². The largest absolute Gasteiger partial charge is 0.382 e. The Morgan fingerprint density at radius 1 is 1.17 bits per heavy atom. The van der Waals surface area contributed by atoms with E-state index in [-0.39, 0.29) is 0 Å². The van der Waals surface area contributed by atoms with Crippen LogP contribution >= 0.6 is 0 Å². The first-order valence-electron chi connectivity index (χ1n) is 4.91. The van der Waals surface area contributed by atoms with Crippen LogP contribution in [0.15, 0.2) is 0 Å². The van der Waals surface area contributed by atoms with Crippen molar-refractivity contribution in [2.24, 2.45) is 0 Å².